The lowest BCUT2D eigenvalue weighted by molar-refractivity contribution is -0.0487. The summed E-state index contributed by atoms with van der Waals surface area (Å²) in [5, 5.41) is 9.74. The molecule has 3 atom stereocenters. The third kappa shape index (κ3) is 2.74. The van der Waals surface area contributed by atoms with Crippen LogP contribution in [-0.2, 0) is 9.47 Å². The maximum Gasteiger partial charge on any atom is 0.330 e. The molecule has 2 N–H and O–H groups in total. The van der Waals surface area contributed by atoms with Crippen LogP contribution >= 0.6 is 0 Å². The number of aliphatic hydroxyl groups excluding tert-OH is 1. The highest BCUT2D eigenvalue weighted by Crippen LogP contribution is 2.27. The number of nitrogens with one attached hydrogen (secondary N) is 1. The van der Waals surface area contributed by atoms with Gasteiger partial charge < -0.3 is 14.6 Å². The van der Waals surface area contributed by atoms with Gasteiger partial charge in [0.05, 0.1) is 18.6 Å². The number of H-pyrrole nitrogens is 1. The number of nitrogens with zero attached hydrogens (tertiary/aromatic N) is 1. The Hall–Kier alpha value is -1.93. The van der Waals surface area contributed by atoms with Gasteiger partial charge >= 0.3 is 5.69 Å². The number of aromatic amines is 1. The minimum Gasteiger partial charge on any atom is -0.499 e. The number of hydrogen-bond acceptors (Lipinski definition) is 5. The normalized spacial score (nSPS) is 26.3. The summed E-state index contributed by atoms with van der Waals surface area (Å²) < 4.78 is 24.3. The lowest BCUT2D eigenvalue weighted by Crippen LogP contribution is -2.34. The Morgan fingerprint density at radius 3 is 3.11 bits per heavy atom. The minimum absolute atomic E-state index is 0.0712. The van der Waals surface area contributed by atoms with Crippen molar-refractivity contribution >= 4 is 0 Å². The molecule has 2 heterocycles. The molecular weight excluding hydrogens is 259 g/mol. The van der Waals surface area contributed by atoms with Crippen LogP contribution in [0.15, 0.2) is 28.6 Å². The second kappa shape index (κ2) is 5.37. The van der Waals surface area contributed by atoms with Gasteiger partial charge in [0.15, 0.2) is 0 Å². The fourth-order valence-corrected chi connectivity index (χ4v) is 1.87. The average molecular weight is 272 g/mol. The maximum absolute atomic E-state index is 13.2. The van der Waals surface area contributed by atoms with E-state index in [1.54, 1.807) is 0 Å². The lowest BCUT2D eigenvalue weighted by Gasteiger charge is -2.15. The van der Waals surface area contributed by atoms with Gasteiger partial charge in [0, 0.05) is 6.42 Å². The van der Waals surface area contributed by atoms with Crippen LogP contribution < -0.4 is 11.2 Å². The zero-order valence-electron chi connectivity index (χ0n) is 9.91. The van der Waals surface area contributed by atoms with Gasteiger partial charge in [-0.05, 0) is 0 Å². The van der Waals surface area contributed by atoms with E-state index < -0.39 is 35.5 Å². The number of aromatic nitrogens is 2. The van der Waals surface area contributed by atoms with Gasteiger partial charge in [0.1, 0.15) is 18.9 Å². The SMILES string of the molecule is C=COC[C@H]1O[C@@H](n2cc(F)c(=O)[nH]c2=O)C[C@@H]1O. The van der Waals surface area contributed by atoms with Gasteiger partial charge in [-0.3, -0.25) is 14.3 Å². The van der Waals surface area contributed by atoms with E-state index in [9.17, 15) is 19.1 Å². The van der Waals surface area contributed by atoms with Crippen molar-refractivity contribution in [3.63, 3.8) is 0 Å². The molecule has 0 saturated carbocycles. The Kier molecular flexibility index (Phi) is 3.82. The number of aliphatic hydroxyl groups is 1. The molecule has 1 aromatic rings. The summed E-state index contributed by atoms with van der Waals surface area (Å²) in [7, 11) is 0. The van der Waals surface area contributed by atoms with E-state index in [1.165, 1.54) is 6.26 Å². The zero-order valence-corrected chi connectivity index (χ0v) is 9.91. The summed E-state index contributed by atoms with van der Waals surface area (Å²) >= 11 is 0. The minimum atomic E-state index is -1.09. The van der Waals surface area contributed by atoms with E-state index in [1.807, 2.05) is 4.98 Å². The summed E-state index contributed by atoms with van der Waals surface area (Å²) in [5.41, 5.74) is -1.89. The summed E-state index contributed by atoms with van der Waals surface area (Å²) in [5.74, 6) is -1.09. The molecule has 104 valence electrons. The molecule has 2 rings (SSSR count). The van der Waals surface area contributed by atoms with E-state index in [0.29, 0.717) is 0 Å². The summed E-state index contributed by atoms with van der Waals surface area (Å²) in [6.45, 7) is 3.43. The van der Waals surface area contributed by atoms with Gasteiger partial charge in [-0.2, -0.15) is 4.39 Å². The Morgan fingerprint density at radius 1 is 1.68 bits per heavy atom. The van der Waals surface area contributed by atoms with E-state index in [2.05, 4.69) is 6.58 Å². The Bertz CT molecular complexity index is 581. The molecule has 0 aromatic carbocycles. The molecule has 19 heavy (non-hydrogen) atoms. The van der Waals surface area contributed by atoms with Crippen molar-refractivity contribution < 1.29 is 19.0 Å². The monoisotopic (exact) mass is 272 g/mol. The third-order valence-electron chi connectivity index (χ3n) is 2.82. The van der Waals surface area contributed by atoms with E-state index >= 15 is 0 Å². The standard InChI is InChI=1S/C11H13FN2O5/c1-2-18-5-8-7(15)3-9(19-8)14-4-6(12)10(16)13-11(14)17/h2,4,7-9,15H,1,3,5H2,(H,13,16,17)/t7-,8+,9+/m0/s1. The molecule has 1 saturated heterocycles. The van der Waals surface area contributed by atoms with Gasteiger partial charge in [-0.15, -0.1) is 0 Å². The van der Waals surface area contributed by atoms with E-state index in [-0.39, 0.29) is 13.0 Å². The highest BCUT2D eigenvalue weighted by Gasteiger charge is 2.36. The van der Waals surface area contributed by atoms with E-state index in [4.69, 9.17) is 9.47 Å². The van der Waals surface area contributed by atoms with Crippen LogP contribution in [0.3, 0.4) is 0 Å². The first kappa shape index (κ1) is 13.5. The first-order chi connectivity index (χ1) is 9.02. The van der Waals surface area contributed by atoms with Crippen LogP contribution in [0.25, 0.3) is 0 Å². The van der Waals surface area contributed by atoms with Crippen molar-refractivity contribution in [2.75, 3.05) is 6.61 Å². The molecule has 1 aromatic heterocycles. The summed E-state index contributed by atoms with van der Waals surface area (Å²) in [6, 6.07) is 0. The second-order valence-corrected chi connectivity index (χ2v) is 4.08. The third-order valence-corrected chi connectivity index (χ3v) is 2.82. The molecule has 1 fully saturated rings. The maximum atomic E-state index is 13.2. The summed E-state index contributed by atoms with van der Waals surface area (Å²) in [4.78, 5) is 24.3. The zero-order chi connectivity index (χ0) is 14.0. The molecule has 7 nitrogen and oxygen atoms in total. The first-order valence-corrected chi connectivity index (χ1v) is 5.60. The Morgan fingerprint density at radius 2 is 2.42 bits per heavy atom. The predicted molar refractivity (Wildman–Crippen MR) is 62.0 cm³/mol. The lowest BCUT2D eigenvalue weighted by atomic mass is 10.2. The number of halogens is 1. The van der Waals surface area contributed by atoms with Crippen molar-refractivity contribution in [1.29, 1.82) is 0 Å². The fraction of sp³-hybridized carbons (Fsp3) is 0.455. The number of hydrogen-bond donors (Lipinski definition) is 2. The highest BCUT2D eigenvalue weighted by molar-refractivity contribution is 4.91. The fourth-order valence-electron chi connectivity index (χ4n) is 1.87. The van der Waals surface area contributed by atoms with Crippen molar-refractivity contribution in [3.05, 3.63) is 45.7 Å². The van der Waals surface area contributed by atoms with Crippen molar-refractivity contribution in [1.82, 2.24) is 9.55 Å². The Balaban J connectivity index is 2.20. The van der Waals surface area contributed by atoms with Crippen LogP contribution in [0.4, 0.5) is 4.39 Å². The van der Waals surface area contributed by atoms with Gasteiger partial charge in [-0.1, -0.05) is 6.58 Å². The molecule has 0 radical (unpaired) electrons. The van der Waals surface area contributed by atoms with Crippen LogP contribution in [0.1, 0.15) is 12.6 Å². The number of rotatable bonds is 4. The quantitative estimate of drug-likeness (QED) is 0.720. The predicted octanol–water partition coefficient (Wildman–Crippen LogP) is -0.516. The molecule has 0 unspecified atom stereocenters. The molecule has 1 aliphatic heterocycles. The summed E-state index contributed by atoms with van der Waals surface area (Å²) in [6.07, 6.45) is -0.301. The molecule has 0 aliphatic carbocycles. The molecular formula is C11H13FN2O5. The molecule has 1 aliphatic rings. The van der Waals surface area contributed by atoms with Crippen molar-refractivity contribution in [2.24, 2.45) is 0 Å². The Labute approximate surface area is 106 Å². The highest BCUT2D eigenvalue weighted by atomic mass is 19.1. The largest absolute Gasteiger partial charge is 0.499 e. The van der Waals surface area contributed by atoms with Gasteiger partial charge in [-0.25, -0.2) is 4.79 Å². The second-order valence-electron chi connectivity index (χ2n) is 4.08. The average Bonchev–Trinajstić information content (AvgIpc) is 2.72. The van der Waals surface area contributed by atoms with Crippen LogP contribution in [0.5, 0.6) is 0 Å². The first-order valence-electron chi connectivity index (χ1n) is 5.60. The topological polar surface area (TPSA) is 93.5 Å². The molecule has 0 bridgehead atoms. The number of ether oxygens (including phenoxy) is 2. The van der Waals surface area contributed by atoms with Crippen LogP contribution in [0, 0.1) is 5.82 Å². The van der Waals surface area contributed by atoms with Gasteiger partial charge in [0.25, 0.3) is 5.56 Å². The van der Waals surface area contributed by atoms with Crippen molar-refractivity contribution in [2.45, 2.75) is 24.9 Å². The molecule has 0 amide bonds. The smallest absolute Gasteiger partial charge is 0.330 e. The van der Waals surface area contributed by atoms with Crippen molar-refractivity contribution in [3.8, 4) is 0 Å². The van der Waals surface area contributed by atoms with Crippen LogP contribution in [-0.4, -0.2) is 33.5 Å². The molecule has 0 spiro atoms. The van der Waals surface area contributed by atoms with Crippen LogP contribution in [0.2, 0.25) is 0 Å². The van der Waals surface area contributed by atoms with E-state index in [0.717, 1.165) is 10.8 Å². The van der Waals surface area contributed by atoms with Gasteiger partial charge in [0.2, 0.25) is 5.82 Å². The molecule has 8 heteroatoms.